The number of aromatic nitrogens is 2. The fourth-order valence-corrected chi connectivity index (χ4v) is 3.43. The summed E-state index contributed by atoms with van der Waals surface area (Å²) in [5.74, 6) is 0.521. The van der Waals surface area contributed by atoms with Gasteiger partial charge in [0.05, 0.1) is 29.2 Å². The maximum Gasteiger partial charge on any atom is 0.255 e. The maximum absolute atomic E-state index is 12.5. The molecule has 0 saturated carbocycles. The Kier molecular flexibility index (Phi) is 4.06. The van der Waals surface area contributed by atoms with Crippen LogP contribution in [0.25, 0.3) is 32.8 Å². The van der Waals surface area contributed by atoms with Gasteiger partial charge in [0.15, 0.2) is 0 Å². The van der Waals surface area contributed by atoms with Gasteiger partial charge in [-0.2, -0.15) is 0 Å². The monoisotopic (exact) mass is 379 g/mol. The molecule has 0 aliphatic carbocycles. The van der Waals surface area contributed by atoms with Crippen LogP contribution in [0.15, 0.2) is 78.9 Å². The lowest BCUT2D eigenvalue weighted by atomic mass is 10.1. The average molecular weight is 379 g/mol. The van der Waals surface area contributed by atoms with Gasteiger partial charge in [-0.25, -0.2) is 9.97 Å². The van der Waals surface area contributed by atoms with Crippen molar-refractivity contribution in [3.63, 3.8) is 0 Å². The molecule has 0 spiro atoms. The third-order valence-electron chi connectivity index (χ3n) is 4.94. The average Bonchev–Trinajstić information content (AvgIpc) is 2.77. The van der Waals surface area contributed by atoms with Crippen molar-refractivity contribution < 1.29 is 9.53 Å². The molecule has 0 aliphatic heterocycles. The van der Waals surface area contributed by atoms with E-state index in [1.807, 2.05) is 42.5 Å². The van der Waals surface area contributed by atoms with Gasteiger partial charge in [-0.3, -0.25) is 4.79 Å². The summed E-state index contributed by atoms with van der Waals surface area (Å²) >= 11 is 0. The van der Waals surface area contributed by atoms with E-state index in [9.17, 15) is 4.79 Å². The van der Waals surface area contributed by atoms with Crippen LogP contribution in [0.1, 0.15) is 10.4 Å². The largest absolute Gasteiger partial charge is 0.497 e. The third-order valence-corrected chi connectivity index (χ3v) is 4.94. The number of nitrogens with zero attached hydrogens (tertiary/aromatic N) is 2. The Hall–Kier alpha value is -3.99. The second-order valence-corrected chi connectivity index (χ2v) is 6.76. The van der Waals surface area contributed by atoms with Gasteiger partial charge < -0.3 is 10.1 Å². The van der Waals surface area contributed by atoms with Gasteiger partial charge >= 0.3 is 0 Å². The lowest BCUT2D eigenvalue weighted by Crippen LogP contribution is -2.11. The quantitative estimate of drug-likeness (QED) is 0.346. The zero-order valence-corrected chi connectivity index (χ0v) is 15.7. The first-order valence-corrected chi connectivity index (χ1v) is 9.26. The van der Waals surface area contributed by atoms with Gasteiger partial charge in [0.1, 0.15) is 5.75 Å². The van der Waals surface area contributed by atoms with E-state index in [4.69, 9.17) is 14.7 Å². The van der Waals surface area contributed by atoms with E-state index in [1.54, 1.807) is 31.4 Å². The fraction of sp³-hybridized carbons (Fsp3) is 0.0417. The van der Waals surface area contributed by atoms with Crippen LogP contribution in [-0.4, -0.2) is 23.0 Å². The minimum Gasteiger partial charge on any atom is -0.497 e. The molecule has 0 atom stereocenters. The normalized spacial score (nSPS) is 11.1. The molecule has 5 nitrogen and oxygen atoms in total. The Bertz CT molecular complexity index is 1380. The molecule has 1 aromatic heterocycles. The molecule has 5 heteroatoms. The van der Waals surface area contributed by atoms with Gasteiger partial charge in [0, 0.05) is 16.6 Å². The second-order valence-electron chi connectivity index (χ2n) is 6.76. The Morgan fingerprint density at radius 2 is 1.62 bits per heavy atom. The molecule has 0 unspecified atom stereocenters. The molecule has 5 aromatic rings. The van der Waals surface area contributed by atoms with E-state index >= 15 is 0 Å². The van der Waals surface area contributed by atoms with Gasteiger partial charge in [0.2, 0.25) is 0 Å². The van der Waals surface area contributed by atoms with E-state index in [1.165, 1.54) is 0 Å². The summed E-state index contributed by atoms with van der Waals surface area (Å²) in [6.45, 7) is 0. The van der Waals surface area contributed by atoms with E-state index in [0.29, 0.717) is 17.0 Å². The first-order chi connectivity index (χ1) is 14.2. The zero-order chi connectivity index (χ0) is 19.8. The fourth-order valence-electron chi connectivity index (χ4n) is 3.43. The van der Waals surface area contributed by atoms with Crippen molar-refractivity contribution in [2.45, 2.75) is 0 Å². The van der Waals surface area contributed by atoms with Crippen LogP contribution < -0.4 is 10.1 Å². The number of fused-ring (bicyclic) bond motifs is 4. The van der Waals surface area contributed by atoms with Crippen molar-refractivity contribution in [2.24, 2.45) is 0 Å². The number of hydrogen-bond acceptors (Lipinski definition) is 4. The third kappa shape index (κ3) is 3.12. The summed E-state index contributed by atoms with van der Waals surface area (Å²) < 4.78 is 5.13. The van der Waals surface area contributed by atoms with E-state index in [-0.39, 0.29) is 5.91 Å². The predicted octanol–water partition coefficient (Wildman–Crippen LogP) is 5.20. The summed E-state index contributed by atoms with van der Waals surface area (Å²) in [7, 11) is 1.60. The van der Waals surface area contributed by atoms with Gasteiger partial charge in [0.25, 0.3) is 5.91 Å². The highest BCUT2D eigenvalue weighted by atomic mass is 16.5. The van der Waals surface area contributed by atoms with Crippen molar-refractivity contribution in [3.8, 4) is 5.75 Å². The standard InChI is InChI=1S/C24H17N3O2/c1-29-18-10-6-16(7-11-18)24(28)25-17-9-13-20-22(14-17)27-23-19-5-3-2-4-15(19)8-12-21(23)26-20/h2-14H,1H3,(H,25,28). The molecule has 0 saturated heterocycles. The van der Waals surface area contributed by atoms with Crippen molar-refractivity contribution in [2.75, 3.05) is 12.4 Å². The Morgan fingerprint density at radius 3 is 2.45 bits per heavy atom. The van der Waals surface area contributed by atoms with E-state index in [2.05, 4.69) is 17.4 Å². The maximum atomic E-state index is 12.5. The Balaban J connectivity index is 1.53. The lowest BCUT2D eigenvalue weighted by Gasteiger charge is -2.08. The number of amides is 1. The molecular formula is C24H17N3O2. The second kappa shape index (κ2) is 6.87. The summed E-state index contributed by atoms with van der Waals surface area (Å²) in [4.78, 5) is 22.1. The molecule has 29 heavy (non-hydrogen) atoms. The van der Waals surface area contributed by atoms with Crippen LogP contribution in [0.2, 0.25) is 0 Å². The van der Waals surface area contributed by atoms with Crippen LogP contribution in [0.5, 0.6) is 5.75 Å². The topological polar surface area (TPSA) is 64.1 Å². The van der Waals surface area contributed by atoms with Crippen LogP contribution in [0.4, 0.5) is 5.69 Å². The molecule has 0 fully saturated rings. The van der Waals surface area contributed by atoms with E-state index < -0.39 is 0 Å². The highest BCUT2D eigenvalue weighted by molar-refractivity contribution is 6.07. The number of benzene rings is 4. The summed E-state index contributed by atoms with van der Waals surface area (Å²) in [5, 5.41) is 5.11. The molecule has 1 N–H and O–H groups in total. The van der Waals surface area contributed by atoms with Crippen LogP contribution >= 0.6 is 0 Å². The van der Waals surface area contributed by atoms with Crippen LogP contribution in [-0.2, 0) is 0 Å². The van der Waals surface area contributed by atoms with Gasteiger partial charge in [-0.05, 0) is 53.9 Å². The highest BCUT2D eigenvalue weighted by Gasteiger charge is 2.09. The lowest BCUT2D eigenvalue weighted by molar-refractivity contribution is 0.102. The number of carbonyl (C=O) groups excluding carboxylic acids is 1. The Labute approximate surface area is 167 Å². The van der Waals surface area contributed by atoms with Crippen molar-refractivity contribution in [1.82, 2.24) is 9.97 Å². The number of ether oxygens (including phenoxy) is 1. The van der Waals surface area contributed by atoms with Gasteiger partial charge in [-0.15, -0.1) is 0 Å². The molecule has 5 rings (SSSR count). The number of rotatable bonds is 3. The first-order valence-electron chi connectivity index (χ1n) is 9.26. The van der Waals surface area contributed by atoms with Crippen molar-refractivity contribution in [3.05, 3.63) is 84.4 Å². The summed E-state index contributed by atoms with van der Waals surface area (Å²) in [5.41, 5.74) is 4.46. The minimum atomic E-state index is -0.189. The first kappa shape index (κ1) is 17.1. The number of nitrogens with one attached hydrogen (secondary N) is 1. The van der Waals surface area contributed by atoms with Crippen LogP contribution in [0.3, 0.4) is 0 Å². The smallest absolute Gasteiger partial charge is 0.255 e. The Morgan fingerprint density at radius 1 is 0.828 bits per heavy atom. The molecule has 0 radical (unpaired) electrons. The predicted molar refractivity (Wildman–Crippen MR) is 115 cm³/mol. The van der Waals surface area contributed by atoms with E-state index in [0.717, 1.165) is 32.8 Å². The number of hydrogen-bond donors (Lipinski definition) is 1. The zero-order valence-electron chi connectivity index (χ0n) is 15.7. The molecular weight excluding hydrogens is 362 g/mol. The molecule has 0 aliphatic rings. The highest BCUT2D eigenvalue weighted by Crippen LogP contribution is 2.26. The molecule has 1 heterocycles. The van der Waals surface area contributed by atoms with Crippen molar-refractivity contribution >= 4 is 44.4 Å². The molecule has 140 valence electrons. The SMILES string of the molecule is COc1ccc(C(=O)Nc2ccc3nc4ccc5ccccc5c4nc3c2)cc1. The van der Waals surface area contributed by atoms with Crippen LogP contribution in [0, 0.1) is 0 Å². The summed E-state index contributed by atoms with van der Waals surface area (Å²) in [6, 6.07) is 24.7. The summed E-state index contributed by atoms with van der Waals surface area (Å²) in [6.07, 6.45) is 0. The number of methoxy groups -OCH3 is 1. The number of carbonyl (C=O) groups is 1. The van der Waals surface area contributed by atoms with Gasteiger partial charge in [-0.1, -0.05) is 30.3 Å². The number of anilines is 1. The molecule has 1 amide bonds. The minimum absolute atomic E-state index is 0.189. The van der Waals surface area contributed by atoms with Crippen molar-refractivity contribution in [1.29, 1.82) is 0 Å². The molecule has 0 bridgehead atoms. The molecule has 4 aromatic carbocycles.